The van der Waals surface area contributed by atoms with Crippen LogP contribution in [0.3, 0.4) is 0 Å². The number of anilines is 1. The highest BCUT2D eigenvalue weighted by atomic mass is 16.2. The second-order valence-electron chi connectivity index (χ2n) is 7.53. The fraction of sp³-hybridized carbons (Fsp3) is 0.429. The van der Waals surface area contributed by atoms with E-state index in [1.54, 1.807) is 4.90 Å². The maximum absolute atomic E-state index is 12.3. The first kappa shape index (κ1) is 18.2. The average molecular weight is 377 g/mol. The number of fused-ring (bicyclic) bond motifs is 1. The van der Waals surface area contributed by atoms with Crippen LogP contribution in [0.1, 0.15) is 38.2 Å². The number of amides is 2. The van der Waals surface area contributed by atoms with Crippen LogP contribution in [0.25, 0.3) is 16.6 Å². The van der Waals surface area contributed by atoms with E-state index in [0.717, 1.165) is 35.8 Å². The molecule has 1 aliphatic carbocycles. The molecule has 0 radical (unpaired) electrons. The van der Waals surface area contributed by atoms with E-state index >= 15 is 0 Å². The molecule has 3 heterocycles. The number of carbonyl (C=O) groups excluding carboxylic acids is 2. The lowest BCUT2D eigenvalue weighted by Gasteiger charge is -2.32. The zero-order valence-electron chi connectivity index (χ0n) is 15.9. The number of H-pyrrole nitrogens is 1. The van der Waals surface area contributed by atoms with E-state index in [4.69, 9.17) is 5.26 Å². The van der Waals surface area contributed by atoms with Gasteiger partial charge in [0.25, 0.3) is 0 Å². The summed E-state index contributed by atoms with van der Waals surface area (Å²) in [5, 5.41) is 9.72. The molecule has 2 aromatic heterocycles. The van der Waals surface area contributed by atoms with Crippen LogP contribution in [0.2, 0.25) is 0 Å². The molecule has 4 rings (SSSR count). The van der Waals surface area contributed by atoms with Crippen LogP contribution < -0.4 is 4.90 Å². The molecule has 2 amide bonds. The van der Waals surface area contributed by atoms with Gasteiger partial charge >= 0.3 is 0 Å². The van der Waals surface area contributed by atoms with Crippen molar-refractivity contribution >= 4 is 34.7 Å². The molecule has 2 aromatic rings. The third-order valence-electron chi connectivity index (χ3n) is 5.50. The van der Waals surface area contributed by atoms with Crippen molar-refractivity contribution in [2.24, 2.45) is 5.92 Å². The summed E-state index contributed by atoms with van der Waals surface area (Å²) in [6, 6.07) is 6.28. The van der Waals surface area contributed by atoms with Crippen LogP contribution in [0.15, 0.2) is 24.4 Å². The van der Waals surface area contributed by atoms with Gasteiger partial charge in [-0.05, 0) is 42.0 Å². The Hall–Kier alpha value is -3.14. The summed E-state index contributed by atoms with van der Waals surface area (Å²) in [4.78, 5) is 35.2. The smallest absolute Gasteiger partial charge is 0.223 e. The third-order valence-corrected chi connectivity index (χ3v) is 5.50. The Balaban J connectivity index is 1.67. The second-order valence-corrected chi connectivity index (χ2v) is 7.53. The Morgan fingerprint density at radius 3 is 3.00 bits per heavy atom. The van der Waals surface area contributed by atoms with Crippen LogP contribution in [0.5, 0.6) is 0 Å². The molecular formula is C21H23N5O2. The maximum atomic E-state index is 12.3. The summed E-state index contributed by atoms with van der Waals surface area (Å²) in [7, 11) is 0. The third kappa shape index (κ3) is 3.38. The predicted molar refractivity (Wildman–Crippen MR) is 106 cm³/mol. The molecule has 1 N–H and O–H groups in total. The molecule has 1 saturated carbocycles. The van der Waals surface area contributed by atoms with Gasteiger partial charge in [-0.25, -0.2) is 4.98 Å². The molecular weight excluding hydrogens is 354 g/mol. The first-order valence-corrected chi connectivity index (χ1v) is 9.69. The largest absolute Gasteiger partial charge is 0.346 e. The standard InChI is InChI=1S/C21H23N5O2/c1-14-12-25(20(28)3-2-8-22)10-7-16(14)18-11-19(26(13-27)15-4-5-15)24-21-17(18)6-9-23-21/h6-7,9,11,13-15H,2-5,10,12H2,1H3,(H,23,24). The molecule has 0 saturated heterocycles. The number of aromatic amines is 1. The fourth-order valence-corrected chi connectivity index (χ4v) is 3.89. The highest BCUT2D eigenvalue weighted by Gasteiger charge is 2.31. The van der Waals surface area contributed by atoms with Crippen molar-refractivity contribution in [2.45, 2.75) is 38.6 Å². The van der Waals surface area contributed by atoms with E-state index in [1.165, 1.54) is 5.57 Å². The lowest BCUT2D eigenvalue weighted by Crippen LogP contribution is -2.38. The van der Waals surface area contributed by atoms with Gasteiger partial charge in [0.1, 0.15) is 11.5 Å². The normalized spacial score (nSPS) is 19.2. The first-order chi connectivity index (χ1) is 13.6. The van der Waals surface area contributed by atoms with Crippen LogP contribution in [0, 0.1) is 17.2 Å². The molecule has 0 bridgehead atoms. The maximum Gasteiger partial charge on any atom is 0.223 e. The SMILES string of the molecule is CC1CN(C(=O)CCC#N)CC=C1c1cc(N(C=O)C2CC2)nc2[nH]ccc12. The van der Waals surface area contributed by atoms with Crippen molar-refractivity contribution in [1.82, 2.24) is 14.9 Å². The molecule has 7 nitrogen and oxygen atoms in total. The summed E-state index contributed by atoms with van der Waals surface area (Å²) in [6.45, 7) is 3.26. The van der Waals surface area contributed by atoms with Crippen molar-refractivity contribution in [3.05, 3.63) is 30.0 Å². The number of rotatable bonds is 6. The van der Waals surface area contributed by atoms with Crippen LogP contribution >= 0.6 is 0 Å². The zero-order chi connectivity index (χ0) is 19.7. The van der Waals surface area contributed by atoms with E-state index in [9.17, 15) is 9.59 Å². The Bertz CT molecular complexity index is 982. The van der Waals surface area contributed by atoms with Crippen molar-refractivity contribution in [3.8, 4) is 6.07 Å². The molecule has 0 aromatic carbocycles. The molecule has 1 aliphatic heterocycles. The minimum absolute atomic E-state index is 0.0202. The minimum atomic E-state index is 0.0202. The number of nitriles is 1. The summed E-state index contributed by atoms with van der Waals surface area (Å²) in [5.41, 5.74) is 2.99. The molecule has 28 heavy (non-hydrogen) atoms. The summed E-state index contributed by atoms with van der Waals surface area (Å²) in [6.07, 6.45) is 7.36. The molecule has 2 aliphatic rings. The first-order valence-electron chi connectivity index (χ1n) is 9.69. The Morgan fingerprint density at radius 2 is 2.32 bits per heavy atom. The van der Waals surface area contributed by atoms with Crippen molar-refractivity contribution in [3.63, 3.8) is 0 Å². The number of aromatic nitrogens is 2. The number of nitrogens with zero attached hydrogens (tertiary/aromatic N) is 4. The number of hydrogen-bond donors (Lipinski definition) is 1. The van der Waals surface area contributed by atoms with Gasteiger partial charge < -0.3 is 9.88 Å². The summed E-state index contributed by atoms with van der Waals surface area (Å²) in [5.74, 6) is 0.841. The molecule has 1 fully saturated rings. The number of carbonyl (C=O) groups is 2. The van der Waals surface area contributed by atoms with Crippen molar-refractivity contribution in [1.29, 1.82) is 5.26 Å². The van der Waals surface area contributed by atoms with Crippen LogP contribution in [-0.4, -0.2) is 46.3 Å². The Labute approximate surface area is 163 Å². The molecule has 1 unspecified atom stereocenters. The Kier molecular flexibility index (Phi) is 4.86. The highest BCUT2D eigenvalue weighted by Crippen LogP contribution is 2.36. The van der Waals surface area contributed by atoms with E-state index in [2.05, 4.69) is 23.0 Å². The molecule has 7 heteroatoms. The van der Waals surface area contributed by atoms with Gasteiger partial charge in [-0.15, -0.1) is 0 Å². The van der Waals surface area contributed by atoms with Crippen molar-refractivity contribution in [2.75, 3.05) is 18.0 Å². The minimum Gasteiger partial charge on any atom is -0.346 e. The van der Waals surface area contributed by atoms with Gasteiger partial charge in [-0.2, -0.15) is 5.26 Å². The topological polar surface area (TPSA) is 93.1 Å². The molecule has 144 valence electrons. The van der Waals surface area contributed by atoms with Gasteiger partial charge in [0.15, 0.2) is 0 Å². The zero-order valence-corrected chi connectivity index (χ0v) is 15.9. The van der Waals surface area contributed by atoms with Gasteiger partial charge in [-0.3, -0.25) is 14.5 Å². The predicted octanol–water partition coefficient (Wildman–Crippen LogP) is 2.85. The van der Waals surface area contributed by atoms with Gasteiger partial charge in [0.05, 0.1) is 6.07 Å². The van der Waals surface area contributed by atoms with Gasteiger partial charge in [0, 0.05) is 43.6 Å². The summed E-state index contributed by atoms with van der Waals surface area (Å²) >= 11 is 0. The van der Waals surface area contributed by atoms with E-state index in [-0.39, 0.29) is 30.7 Å². The molecule has 1 atom stereocenters. The Morgan fingerprint density at radius 1 is 1.50 bits per heavy atom. The van der Waals surface area contributed by atoms with Gasteiger partial charge in [-0.1, -0.05) is 13.0 Å². The monoisotopic (exact) mass is 377 g/mol. The number of nitrogens with one attached hydrogen (secondary N) is 1. The van der Waals surface area contributed by atoms with Crippen LogP contribution in [0.4, 0.5) is 5.82 Å². The van der Waals surface area contributed by atoms with E-state index < -0.39 is 0 Å². The summed E-state index contributed by atoms with van der Waals surface area (Å²) < 4.78 is 0. The van der Waals surface area contributed by atoms with Crippen LogP contribution in [-0.2, 0) is 9.59 Å². The van der Waals surface area contributed by atoms with Crippen molar-refractivity contribution < 1.29 is 9.59 Å². The number of pyridine rings is 1. The van der Waals surface area contributed by atoms with E-state index in [0.29, 0.717) is 18.9 Å². The fourth-order valence-electron chi connectivity index (χ4n) is 3.89. The second kappa shape index (κ2) is 7.47. The van der Waals surface area contributed by atoms with E-state index in [1.807, 2.05) is 29.3 Å². The van der Waals surface area contributed by atoms with Gasteiger partial charge in [0.2, 0.25) is 12.3 Å². The highest BCUT2D eigenvalue weighted by molar-refractivity contribution is 5.94. The quantitative estimate of drug-likeness (QED) is 0.784. The number of hydrogen-bond acceptors (Lipinski definition) is 4. The molecule has 0 spiro atoms. The average Bonchev–Trinajstić information content (AvgIpc) is 3.41. The lowest BCUT2D eigenvalue weighted by atomic mass is 9.89. The lowest BCUT2D eigenvalue weighted by molar-refractivity contribution is -0.131.